The molecular weight excluding hydrogens is 879 g/mol. The van der Waals surface area contributed by atoms with Gasteiger partial charge in [0.2, 0.25) is 0 Å². The fraction of sp³-hybridized carbons (Fsp3) is 0.462. The molecule has 0 aliphatic rings. The Morgan fingerprint density at radius 1 is 0.426 bits per heavy atom. The second-order valence-corrected chi connectivity index (χ2v) is 16.7. The minimum atomic E-state index is -0.846. The van der Waals surface area contributed by atoms with Gasteiger partial charge in [0.15, 0.2) is 0 Å². The van der Waals surface area contributed by atoms with Crippen LogP contribution in [0.5, 0.6) is 0 Å². The van der Waals surface area contributed by atoms with Crippen molar-refractivity contribution in [1.29, 1.82) is 0 Å². The summed E-state index contributed by atoms with van der Waals surface area (Å²) in [4.78, 5) is 63.7. The first kappa shape index (κ1) is 54.7. The summed E-state index contributed by atoms with van der Waals surface area (Å²) in [7, 11) is 0. The highest BCUT2D eigenvalue weighted by Gasteiger charge is 2.19. The van der Waals surface area contributed by atoms with E-state index in [1.54, 1.807) is 31.2 Å². The van der Waals surface area contributed by atoms with Gasteiger partial charge in [-0.15, -0.1) is 0 Å². The zero-order valence-corrected chi connectivity index (χ0v) is 38.6. The number of nitroso groups, excluding NO2 is 1. The van der Waals surface area contributed by atoms with Crippen LogP contribution < -0.4 is 0 Å². The lowest BCUT2D eigenvalue weighted by Crippen LogP contribution is -2.13. The highest BCUT2D eigenvalue weighted by molar-refractivity contribution is 5.99. The number of unbranched alkanes of at least 4 members (excludes halogenated alkanes) is 4. The molecule has 4 aromatic rings. The van der Waals surface area contributed by atoms with Gasteiger partial charge in [0, 0.05) is 0 Å². The molecule has 0 aromatic heterocycles. The molecule has 4 unspecified atom stereocenters. The van der Waals surface area contributed by atoms with Gasteiger partial charge in [0.05, 0.1) is 86.8 Å². The highest BCUT2D eigenvalue weighted by Crippen LogP contribution is 2.30. The molecule has 68 heavy (non-hydrogen) atoms. The van der Waals surface area contributed by atoms with E-state index in [9.17, 15) is 44.5 Å². The van der Waals surface area contributed by atoms with Crippen molar-refractivity contribution in [2.75, 3.05) is 46.2 Å². The number of aliphatic hydroxyl groups is 6. The van der Waals surface area contributed by atoms with Crippen molar-refractivity contribution in [2.45, 2.75) is 108 Å². The first-order valence-corrected chi connectivity index (χ1v) is 23.2. The second kappa shape index (κ2) is 29.8. The summed E-state index contributed by atoms with van der Waals surface area (Å²) in [6.45, 7) is 0.982. The van der Waals surface area contributed by atoms with Gasteiger partial charge in [0.25, 0.3) is 0 Å². The zero-order chi connectivity index (χ0) is 49.3. The molecule has 0 spiro atoms. The average Bonchev–Trinajstić information content (AvgIpc) is 3.36. The van der Waals surface area contributed by atoms with Crippen LogP contribution in [0.4, 0.5) is 0 Å². The molecule has 4 atom stereocenters. The fourth-order valence-electron chi connectivity index (χ4n) is 7.11. The standard InChI is InChI=1S/C52H65NO15/c1-35(57)10-2-6-22-65-49(60)42-26-40(28-44(30-42)51(62)67-24-8-4-12-47(58)33-55)38-18-14-36(15-19-38)37-16-20-39(21-17-37)41-27-43(50(61)66-23-7-3-11-46(32-54)53-64)31-45(29-41)52(63)68-25-9-5-13-48(59)34-56/h14-21,26-31,35,46-48,54-59H,2-13,22-25,32-34H2,1H3. The number of carbonyl (C=O) groups excluding carboxylic acids is 4. The molecule has 368 valence electrons. The molecule has 0 fully saturated rings. The predicted octanol–water partition coefficient (Wildman–Crippen LogP) is 7.21. The van der Waals surface area contributed by atoms with Gasteiger partial charge in [-0.1, -0.05) is 53.7 Å². The molecule has 16 nitrogen and oxygen atoms in total. The van der Waals surface area contributed by atoms with Crippen molar-refractivity contribution < 1.29 is 68.8 Å². The first-order valence-electron chi connectivity index (χ1n) is 23.2. The van der Waals surface area contributed by atoms with Crippen molar-refractivity contribution in [3.05, 3.63) is 112 Å². The van der Waals surface area contributed by atoms with Gasteiger partial charge in [-0.25, -0.2) is 19.2 Å². The fourth-order valence-corrected chi connectivity index (χ4v) is 7.11. The average molecular weight is 944 g/mol. The molecule has 0 amide bonds. The van der Waals surface area contributed by atoms with Gasteiger partial charge in [0.1, 0.15) is 6.04 Å². The van der Waals surface area contributed by atoms with Crippen molar-refractivity contribution in [3.63, 3.8) is 0 Å². The number of benzene rings is 4. The van der Waals surface area contributed by atoms with Crippen molar-refractivity contribution in [2.24, 2.45) is 5.18 Å². The lowest BCUT2D eigenvalue weighted by molar-refractivity contribution is 0.0468. The summed E-state index contributed by atoms with van der Waals surface area (Å²) in [6.07, 6.45) is 3.70. The van der Waals surface area contributed by atoms with E-state index < -0.39 is 48.2 Å². The van der Waals surface area contributed by atoms with Crippen LogP contribution in [0.3, 0.4) is 0 Å². The smallest absolute Gasteiger partial charge is 0.338 e. The van der Waals surface area contributed by atoms with Gasteiger partial charge < -0.3 is 49.6 Å². The summed E-state index contributed by atoms with van der Waals surface area (Å²) in [5, 5.41) is 58.9. The van der Waals surface area contributed by atoms with Gasteiger partial charge in [-0.2, -0.15) is 4.91 Å². The molecule has 0 aliphatic heterocycles. The summed E-state index contributed by atoms with van der Waals surface area (Å²) < 4.78 is 22.0. The molecule has 0 saturated heterocycles. The third-order valence-electron chi connectivity index (χ3n) is 11.1. The maximum Gasteiger partial charge on any atom is 0.338 e. The van der Waals surface area contributed by atoms with Gasteiger partial charge in [-0.3, -0.25) is 0 Å². The van der Waals surface area contributed by atoms with Crippen molar-refractivity contribution >= 4 is 23.9 Å². The summed E-state index contributed by atoms with van der Waals surface area (Å²) in [5.74, 6) is -2.55. The molecule has 0 aliphatic carbocycles. The van der Waals surface area contributed by atoms with E-state index in [-0.39, 0.29) is 68.5 Å². The monoisotopic (exact) mass is 943 g/mol. The molecule has 0 bridgehead atoms. The van der Waals surface area contributed by atoms with Crippen LogP contribution in [0.15, 0.2) is 90.1 Å². The Labute approximate surface area is 396 Å². The molecule has 6 N–H and O–H groups in total. The highest BCUT2D eigenvalue weighted by atomic mass is 16.5. The predicted molar refractivity (Wildman–Crippen MR) is 254 cm³/mol. The van der Waals surface area contributed by atoms with Crippen LogP contribution in [-0.2, 0) is 18.9 Å². The number of esters is 4. The Morgan fingerprint density at radius 3 is 1.00 bits per heavy atom. The largest absolute Gasteiger partial charge is 0.462 e. The van der Waals surface area contributed by atoms with Crippen LogP contribution >= 0.6 is 0 Å². The van der Waals surface area contributed by atoms with Crippen LogP contribution in [0.25, 0.3) is 33.4 Å². The van der Waals surface area contributed by atoms with E-state index in [0.29, 0.717) is 99.3 Å². The summed E-state index contributed by atoms with van der Waals surface area (Å²) >= 11 is 0. The number of ether oxygens (including phenoxy) is 4. The molecule has 4 aromatic carbocycles. The topological polar surface area (TPSA) is 256 Å². The van der Waals surface area contributed by atoms with E-state index in [2.05, 4.69) is 5.18 Å². The quantitative estimate of drug-likeness (QED) is 0.0126. The van der Waals surface area contributed by atoms with E-state index in [1.165, 1.54) is 12.1 Å². The van der Waals surface area contributed by atoms with E-state index in [0.717, 1.165) is 11.1 Å². The molecule has 16 heteroatoms. The van der Waals surface area contributed by atoms with E-state index >= 15 is 0 Å². The van der Waals surface area contributed by atoms with Gasteiger partial charge >= 0.3 is 23.9 Å². The Morgan fingerprint density at radius 2 is 0.721 bits per heavy atom. The number of hydrogen-bond donors (Lipinski definition) is 6. The lowest BCUT2D eigenvalue weighted by atomic mass is 9.95. The Bertz CT molecular complexity index is 2190. The third kappa shape index (κ3) is 18.7. The maximum absolute atomic E-state index is 13.3. The van der Waals surface area contributed by atoms with Gasteiger partial charge in [-0.05, 0) is 154 Å². The molecule has 0 radical (unpaired) electrons. The maximum atomic E-state index is 13.3. The lowest BCUT2D eigenvalue weighted by Gasteiger charge is -2.12. The minimum absolute atomic E-state index is 0.0469. The van der Waals surface area contributed by atoms with Crippen LogP contribution in [-0.4, -0.2) is 125 Å². The number of hydrogen-bond acceptors (Lipinski definition) is 16. The van der Waals surface area contributed by atoms with Crippen molar-refractivity contribution in [3.8, 4) is 33.4 Å². The first-order chi connectivity index (χ1) is 32.8. The Hall–Kier alpha value is -5.88. The second-order valence-electron chi connectivity index (χ2n) is 16.7. The van der Waals surface area contributed by atoms with Crippen LogP contribution in [0.1, 0.15) is 125 Å². The van der Waals surface area contributed by atoms with Crippen molar-refractivity contribution in [1.82, 2.24) is 0 Å². The number of aliphatic hydroxyl groups excluding tert-OH is 6. The summed E-state index contributed by atoms with van der Waals surface area (Å²) in [5.41, 5.74) is 4.80. The Balaban J connectivity index is 1.53. The summed E-state index contributed by atoms with van der Waals surface area (Å²) in [6, 6.07) is 23.6. The normalized spacial score (nSPS) is 12.9. The molecule has 0 saturated carbocycles. The van der Waals surface area contributed by atoms with E-state index in [1.807, 2.05) is 48.5 Å². The van der Waals surface area contributed by atoms with E-state index in [4.69, 9.17) is 29.2 Å². The minimum Gasteiger partial charge on any atom is -0.462 e. The number of nitrogens with zero attached hydrogens (tertiary/aromatic N) is 1. The number of rotatable bonds is 31. The van der Waals surface area contributed by atoms with Crippen LogP contribution in [0.2, 0.25) is 0 Å². The van der Waals surface area contributed by atoms with Crippen LogP contribution in [0, 0.1) is 4.91 Å². The molecule has 4 rings (SSSR count). The number of carbonyl (C=O) groups is 4. The molecular formula is C52H65NO15. The third-order valence-corrected chi connectivity index (χ3v) is 11.1. The Kier molecular flexibility index (Phi) is 24.0. The molecule has 0 heterocycles. The SMILES string of the molecule is CC(O)CCCCOC(=O)c1cc(C(=O)OCCCCC(O)CO)cc(-c2ccc(-c3ccc(-c4cc(C(=O)OCCCCC(O)CO)cc(C(=O)OCCCCC(CO)N=O)c4)cc3)cc2)c1. The zero-order valence-electron chi connectivity index (χ0n) is 38.6.